The molecule has 1 atom stereocenters. The third-order valence-electron chi connectivity index (χ3n) is 2.74. The van der Waals surface area contributed by atoms with Crippen LogP contribution in [0.1, 0.15) is 0 Å². The van der Waals surface area contributed by atoms with Gasteiger partial charge in [0.15, 0.2) is 0 Å². The molecule has 0 aliphatic rings. The van der Waals surface area contributed by atoms with E-state index in [9.17, 15) is 13.5 Å². The topological polar surface area (TPSA) is 96.3 Å². The van der Waals surface area contributed by atoms with Crippen molar-refractivity contribution in [3.63, 3.8) is 0 Å². The molecule has 0 fully saturated rings. The van der Waals surface area contributed by atoms with E-state index < -0.39 is 22.7 Å². The summed E-state index contributed by atoms with van der Waals surface area (Å²) in [7, 11) is 0.310. The van der Waals surface area contributed by atoms with Gasteiger partial charge in [0, 0.05) is 19.7 Å². The lowest BCUT2D eigenvalue weighted by molar-refractivity contribution is 0.0825. The maximum atomic E-state index is 12.4. The van der Waals surface area contributed by atoms with Gasteiger partial charge in [0.05, 0.1) is 26.9 Å². The first-order chi connectivity index (χ1) is 9.36. The minimum atomic E-state index is -3.83. The smallest absolute Gasteiger partial charge is 0.246 e. The zero-order valence-electron chi connectivity index (χ0n) is 11.6. The quantitative estimate of drug-likeness (QED) is 0.716. The summed E-state index contributed by atoms with van der Waals surface area (Å²) < 4.78 is 35.8. The summed E-state index contributed by atoms with van der Waals surface area (Å²) in [5.74, 6) is 0.619. The van der Waals surface area contributed by atoms with Gasteiger partial charge in [-0.2, -0.15) is 4.31 Å². The molecule has 0 aliphatic carbocycles. The number of sulfonamides is 1. The van der Waals surface area contributed by atoms with E-state index in [1.807, 2.05) is 0 Å². The van der Waals surface area contributed by atoms with Gasteiger partial charge in [-0.3, -0.25) is 0 Å². The van der Waals surface area contributed by atoms with Crippen molar-refractivity contribution < 1.29 is 28.1 Å². The molecule has 1 aromatic rings. The molecule has 114 valence electrons. The SMILES string of the molecule is COc1ccc(S(=O)(=O)N(C)CC(O)CO)c(OC)c1. The van der Waals surface area contributed by atoms with Gasteiger partial charge in [-0.1, -0.05) is 0 Å². The number of aliphatic hydroxyl groups excluding tert-OH is 2. The Kier molecular flexibility index (Phi) is 5.75. The molecule has 0 aromatic heterocycles. The normalized spacial score (nSPS) is 13.3. The Bertz CT molecular complexity index is 545. The number of nitrogens with zero attached hydrogens (tertiary/aromatic N) is 1. The Labute approximate surface area is 118 Å². The molecule has 2 N–H and O–H groups in total. The van der Waals surface area contributed by atoms with Gasteiger partial charge in [-0.05, 0) is 12.1 Å². The first-order valence-corrected chi connectivity index (χ1v) is 7.28. The first kappa shape index (κ1) is 16.7. The number of aliphatic hydroxyl groups is 2. The van der Waals surface area contributed by atoms with E-state index in [1.54, 1.807) is 0 Å². The third kappa shape index (κ3) is 3.60. The fourth-order valence-corrected chi connectivity index (χ4v) is 2.95. The molecule has 1 aromatic carbocycles. The summed E-state index contributed by atoms with van der Waals surface area (Å²) in [6, 6.07) is 4.34. The molecule has 0 spiro atoms. The van der Waals surface area contributed by atoms with Crippen molar-refractivity contribution >= 4 is 10.0 Å². The number of ether oxygens (including phenoxy) is 2. The van der Waals surface area contributed by atoms with Crippen LogP contribution in [0, 0.1) is 0 Å². The molecule has 1 rings (SSSR count). The summed E-state index contributed by atoms with van der Waals surface area (Å²) >= 11 is 0. The fraction of sp³-hybridized carbons (Fsp3) is 0.500. The fourth-order valence-electron chi connectivity index (χ4n) is 1.61. The van der Waals surface area contributed by atoms with Gasteiger partial charge < -0.3 is 19.7 Å². The van der Waals surface area contributed by atoms with E-state index in [0.29, 0.717) is 5.75 Å². The van der Waals surface area contributed by atoms with Crippen molar-refractivity contribution in [1.82, 2.24) is 4.31 Å². The van der Waals surface area contributed by atoms with Gasteiger partial charge in [-0.15, -0.1) is 0 Å². The van der Waals surface area contributed by atoms with Crippen molar-refractivity contribution in [2.75, 3.05) is 34.4 Å². The van der Waals surface area contributed by atoms with Gasteiger partial charge in [-0.25, -0.2) is 8.42 Å². The van der Waals surface area contributed by atoms with E-state index >= 15 is 0 Å². The van der Waals surface area contributed by atoms with E-state index in [4.69, 9.17) is 14.6 Å². The second kappa shape index (κ2) is 6.89. The van der Waals surface area contributed by atoms with Gasteiger partial charge in [0.25, 0.3) is 0 Å². The molecule has 7 nitrogen and oxygen atoms in total. The van der Waals surface area contributed by atoms with E-state index in [0.717, 1.165) is 4.31 Å². The van der Waals surface area contributed by atoms with Crippen LogP contribution >= 0.6 is 0 Å². The van der Waals surface area contributed by atoms with Crippen LogP contribution in [0.4, 0.5) is 0 Å². The minimum absolute atomic E-state index is 0.0339. The summed E-state index contributed by atoms with van der Waals surface area (Å²) in [5.41, 5.74) is 0. The molecule has 1 unspecified atom stereocenters. The van der Waals surface area contributed by atoms with Gasteiger partial charge in [0.1, 0.15) is 16.4 Å². The molecule has 0 heterocycles. The first-order valence-electron chi connectivity index (χ1n) is 5.84. The van der Waals surface area contributed by atoms with Crippen LogP contribution in [0.5, 0.6) is 11.5 Å². The average Bonchev–Trinajstić information content (AvgIpc) is 2.45. The molecule has 0 saturated carbocycles. The van der Waals surface area contributed by atoms with Crippen molar-refractivity contribution in [2.45, 2.75) is 11.0 Å². The minimum Gasteiger partial charge on any atom is -0.497 e. The predicted octanol–water partition coefficient (Wildman–Crippen LogP) is -0.323. The Morgan fingerprint density at radius 3 is 2.45 bits per heavy atom. The second-order valence-corrected chi connectivity index (χ2v) is 6.15. The summed E-state index contributed by atoms with van der Waals surface area (Å²) in [4.78, 5) is -0.0339. The van der Waals surface area contributed by atoms with Crippen molar-refractivity contribution in [1.29, 1.82) is 0 Å². The zero-order valence-corrected chi connectivity index (χ0v) is 12.4. The maximum absolute atomic E-state index is 12.4. The third-order valence-corrected chi connectivity index (χ3v) is 4.60. The van der Waals surface area contributed by atoms with E-state index in [2.05, 4.69) is 0 Å². The number of hydrogen-bond donors (Lipinski definition) is 2. The van der Waals surface area contributed by atoms with Gasteiger partial charge in [0.2, 0.25) is 10.0 Å². The van der Waals surface area contributed by atoms with Crippen molar-refractivity contribution in [3.8, 4) is 11.5 Å². The second-order valence-electron chi connectivity index (χ2n) is 4.14. The van der Waals surface area contributed by atoms with Crippen LogP contribution in [-0.4, -0.2) is 63.5 Å². The van der Waals surface area contributed by atoms with E-state index in [-0.39, 0.29) is 17.2 Å². The van der Waals surface area contributed by atoms with Crippen LogP contribution in [0.25, 0.3) is 0 Å². The summed E-state index contributed by atoms with van der Waals surface area (Å²) in [6.07, 6.45) is -1.14. The Balaban J connectivity index is 3.14. The van der Waals surface area contributed by atoms with Crippen LogP contribution in [-0.2, 0) is 10.0 Å². The number of likely N-dealkylation sites (N-methyl/N-ethyl adjacent to an activating group) is 1. The number of hydrogen-bond acceptors (Lipinski definition) is 6. The average molecular weight is 305 g/mol. The Hall–Kier alpha value is -1.35. The van der Waals surface area contributed by atoms with Crippen molar-refractivity contribution in [3.05, 3.63) is 18.2 Å². The lowest BCUT2D eigenvalue weighted by Crippen LogP contribution is -2.36. The Morgan fingerprint density at radius 1 is 1.30 bits per heavy atom. The molecule has 0 bridgehead atoms. The molecule has 0 aliphatic heterocycles. The highest BCUT2D eigenvalue weighted by molar-refractivity contribution is 7.89. The predicted molar refractivity (Wildman–Crippen MR) is 72.5 cm³/mol. The highest BCUT2D eigenvalue weighted by Crippen LogP contribution is 2.30. The standard InChI is InChI=1S/C12H19NO6S/c1-13(7-9(15)8-14)20(16,17)12-5-4-10(18-2)6-11(12)19-3/h4-6,9,14-15H,7-8H2,1-3H3. The van der Waals surface area contributed by atoms with Crippen LogP contribution in [0.3, 0.4) is 0 Å². The molecular formula is C12H19NO6S. The van der Waals surface area contributed by atoms with Crippen molar-refractivity contribution in [2.24, 2.45) is 0 Å². The van der Waals surface area contributed by atoms with Gasteiger partial charge >= 0.3 is 0 Å². The summed E-state index contributed by atoms with van der Waals surface area (Å²) in [5, 5.41) is 18.1. The molecule has 0 saturated heterocycles. The number of benzene rings is 1. The maximum Gasteiger partial charge on any atom is 0.246 e. The molecule has 0 radical (unpaired) electrons. The number of rotatable bonds is 7. The van der Waals surface area contributed by atoms with Crippen LogP contribution in [0.15, 0.2) is 23.1 Å². The highest BCUT2D eigenvalue weighted by Gasteiger charge is 2.26. The highest BCUT2D eigenvalue weighted by atomic mass is 32.2. The summed E-state index contributed by atoms with van der Waals surface area (Å²) in [6.45, 7) is -0.729. The molecule has 8 heteroatoms. The molecule has 20 heavy (non-hydrogen) atoms. The molecular weight excluding hydrogens is 286 g/mol. The lowest BCUT2D eigenvalue weighted by atomic mass is 10.3. The zero-order chi connectivity index (χ0) is 15.3. The molecule has 0 amide bonds. The number of methoxy groups -OCH3 is 2. The van der Waals surface area contributed by atoms with E-state index in [1.165, 1.54) is 39.5 Å². The Morgan fingerprint density at radius 2 is 1.95 bits per heavy atom. The lowest BCUT2D eigenvalue weighted by Gasteiger charge is -2.21. The monoisotopic (exact) mass is 305 g/mol. The van der Waals surface area contributed by atoms with Crippen LogP contribution in [0.2, 0.25) is 0 Å². The largest absolute Gasteiger partial charge is 0.497 e. The van der Waals surface area contributed by atoms with Crippen LogP contribution < -0.4 is 9.47 Å².